The maximum atomic E-state index is 5.69. The van der Waals surface area contributed by atoms with Crippen LogP contribution < -0.4 is 11.3 Å². The number of nitrogens with one attached hydrogen (secondary N) is 1. The lowest BCUT2D eigenvalue weighted by Crippen LogP contribution is -2.42. The molecule has 0 heterocycles. The monoisotopic (exact) mass is 214 g/mol. The molecule has 0 saturated heterocycles. The Labute approximate surface area is 96.0 Å². The molecule has 2 heteroatoms. The van der Waals surface area contributed by atoms with Crippen molar-refractivity contribution in [2.75, 3.05) is 0 Å². The van der Waals surface area contributed by atoms with Crippen LogP contribution in [-0.4, -0.2) is 6.04 Å². The van der Waals surface area contributed by atoms with Crippen molar-refractivity contribution < 1.29 is 0 Å². The van der Waals surface area contributed by atoms with Crippen LogP contribution in [-0.2, 0) is 0 Å². The SMILES string of the molecule is CCCC(CCC)C(CC(C)CC)NN. The maximum absolute atomic E-state index is 5.69. The van der Waals surface area contributed by atoms with E-state index in [2.05, 4.69) is 33.1 Å². The van der Waals surface area contributed by atoms with Gasteiger partial charge >= 0.3 is 0 Å². The second kappa shape index (κ2) is 9.17. The fraction of sp³-hybridized carbons (Fsp3) is 1.00. The van der Waals surface area contributed by atoms with E-state index in [0.29, 0.717) is 6.04 Å². The van der Waals surface area contributed by atoms with E-state index in [1.807, 2.05) is 0 Å². The molecule has 15 heavy (non-hydrogen) atoms. The first kappa shape index (κ1) is 14.9. The van der Waals surface area contributed by atoms with Gasteiger partial charge in [0.2, 0.25) is 0 Å². The molecule has 3 N–H and O–H groups in total. The lowest BCUT2D eigenvalue weighted by atomic mass is 9.85. The van der Waals surface area contributed by atoms with Gasteiger partial charge in [0.1, 0.15) is 0 Å². The van der Waals surface area contributed by atoms with Crippen LogP contribution in [0.2, 0.25) is 0 Å². The molecule has 2 unspecified atom stereocenters. The zero-order valence-electron chi connectivity index (χ0n) is 11.1. The topological polar surface area (TPSA) is 38.0 Å². The molecule has 0 spiro atoms. The van der Waals surface area contributed by atoms with Crippen molar-refractivity contribution in [2.45, 2.75) is 72.3 Å². The van der Waals surface area contributed by atoms with Gasteiger partial charge in [0.25, 0.3) is 0 Å². The van der Waals surface area contributed by atoms with Crippen molar-refractivity contribution in [3.8, 4) is 0 Å². The molecule has 0 aromatic carbocycles. The summed E-state index contributed by atoms with van der Waals surface area (Å²) in [6.45, 7) is 9.10. The Hall–Kier alpha value is -0.0800. The summed E-state index contributed by atoms with van der Waals surface area (Å²) in [7, 11) is 0. The summed E-state index contributed by atoms with van der Waals surface area (Å²) in [6, 6.07) is 0.514. The third-order valence-corrected chi connectivity index (χ3v) is 3.46. The Balaban J connectivity index is 4.16. The highest BCUT2D eigenvalue weighted by Gasteiger charge is 2.20. The van der Waals surface area contributed by atoms with Crippen molar-refractivity contribution in [2.24, 2.45) is 17.7 Å². The molecule has 2 atom stereocenters. The van der Waals surface area contributed by atoms with E-state index in [1.165, 1.54) is 38.5 Å². The van der Waals surface area contributed by atoms with E-state index < -0.39 is 0 Å². The Morgan fingerprint density at radius 3 is 1.93 bits per heavy atom. The highest BCUT2D eigenvalue weighted by atomic mass is 15.2. The van der Waals surface area contributed by atoms with Gasteiger partial charge < -0.3 is 0 Å². The molecule has 0 aromatic rings. The molecular weight excluding hydrogens is 184 g/mol. The fourth-order valence-electron chi connectivity index (χ4n) is 2.29. The fourth-order valence-corrected chi connectivity index (χ4v) is 2.29. The highest BCUT2D eigenvalue weighted by Crippen LogP contribution is 2.23. The Kier molecular flexibility index (Phi) is 9.12. The molecule has 92 valence electrons. The summed E-state index contributed by atoms with van der Waals surface area (Å²) in [6.07, 6.45) is 7.62. The van der Waals surface area contributed by atoms with Crippen LogP contribution in [0.25, 0.3) is 0 Å². The Bertz CT molecular complexity index is 130. The normalized spacial score (nSPS) is 15.6. The highest BCUT2D eigenvalue weighted by molar-refractivity contribution is 4.76. The second-order valence-electron chi connectivity index (χ2n) is 4.86. The van der Waals surface area contributed by atoms with E-state index in [9.17, 15) is 0 Å². The first-order valence-electron chi connectivity index (χ1n) is 6.65. The Morgan fingerprint density at radius 2 is 1.60 bits per heavy atom. The molecule has 0 aliphatic rings. The van der Waals surface area contributed by atoms with Gasteiger partial charge in [0.05, 0.1) is 0 Å². The molecule has 0 aliphatic heterocycles. The molecular formula is C13H30N2. The summed E-state index contributed by atoms with van der Waals surface area (Å²) in [5.74, 6) is 7.23. The van der Waals surface area contributed by atoms with Crippen LogP contribution in [0, 0.1) is 11.8 Å². The molecule has 2 nitrogen and oxygen atoms in total. The zero-order valence-corrected chi connectivity index (χ0v) is 11.1. The minimum atomic E-state index is 0.514. The predicted molar refractivity (Wildman–Crippen MR) is 68.5 cm³/mol. The predicted octanol–water partition coefficient (Wildman–Crippen LogP) is 3.47. The lowest BCUT2D eigenvalue weighted by molar-refractivity contribution is 0.268. The van der Waals surface area contributed by atoms with Gasteiger partial charge in [-0.25, -0.2) is 0 Å². The standard InChI is InChI=1S/C13H30N2/c1-5-8-12(9-6-2)13(15-14)10-11(4)7-3/h11-13,15H,5-10,14H2,1-4H3. The number of hydrogen-bond donors (Lipinski definition) is 2. The third-order valence-electron chi connectivity index (χ3n) is 3.46. The van der Waals surface area contributed by atoms with Crippen LogP contribution >= 0.6 is 0 Å². The van der Waals surface area contributed by atoms with Gasteiger partial charge in [0, 0.05) is 6.04 Å². The van der Waals surface area contributed by atoms with Gasteiger partial charge in [0.15, 0.2) is 0 Å². The molecule has 0 aromatic heterocycles. The quantitative estimate of drug-likeness (QED) is 0.455. The summed E-state index contributed by atoms with van der Waals surface area (Å²) in [5.41, 5.74) is 3.04. The van der Waals surface area contributed by atoms with Crippen molar-refractivity contribution in [3.05, 3.63) is 0 Å². The average molecular weight is 214 g/mol. The molecule has 0 bridgehead atoms. The van der Waals surface area contributed by atoms with Gasteiger partial charge in [-0.1, -0.05) is 47.0 Å². The van der Waals surface area contributed by atoms with Gasteiger partial charge in [-0.3, -0.25) is 11.3 Å². The smallest absolute Gasteiger partial charge is 0.0241 e. The minimum absolute atomic E-state index is 0.514. The van der Waals surface area contributed by atoms with Crippen LogP contribution in [0.1, 0.15) is 66.2 Å². The molecule has 0 aliphatic carbocycles. The maximum Gasteiger partial charge on any atom is 0.0241 e. The van der Waals surface area contributed by atoms with Crippen LogP contribution in [0.3, 0.4) is 0 Å². The zero-order chi connectivity index (χ0) is 11.7. The molecule has 0 saturated carbocycles. The summed E-state index contributed by atoms with van der Waals surface area (Å²) in [5, 5.41) is 0. The van der Waals surface area contributed by atoms with Crippen molar-refractivity contribution in [1.29, 1.82) is 0 Å². The van der Waals surface area contributed by atoms with E-state index in [-0.39, 0.29) is 0 Å². The number of rotatable bonds is 9. The average Bonchev–Trinajstić information content (AvgIpc) is 2.25. The minimum Gasteiger partial charge on any atom is -0.271 e. The van der Waals surface area contributed by atoms with Crippen LogP contribution in [0.5, 0.6) is 0 Å². The van der Waals surface area contributed by atoms with Crippen molar-refractivity contribution in [3.63, 3.8) is 0 Å². The van der Waals surface area contributed by atoms with Gasteiger partial charge in [-0.2, -0.15) is 0 Å². The van der Waals surface area contributed by atoms with Crippen LogP contribution in [0.4, 0.5) is 0 Å². The lowest BCUT2D eigenvalue weighted by Gasteiger charge is -2.28. The largest absolute Gasteiger partial charge is 0.271 e. The van der Waals surface area contributed by atoms with Crippen molar-refractivity contribution in [1.82, 2.24) is 5.43 Å². The molecule has 0 rings (SSSR count). The first-order chi connectivity index (χ1) is 7.19. The molecule has 0 fully saturated rings. The van der Waals surface area contributed by atoms with E-state index >= 15 is 0 Å². The van der Waals surface area contributed by atoms with E-state index in [0.717, 1.165) is 11.8 Å². The van der Waals surface area contributed by atoms with Gasteiger partial charge in [-0.05, 0) is 31.1 Å². The second-order valence-corrected chi connectivity index (χ2v) is 4.86. The summed E-state index contributed by atoms with van der Waals surface area (Å²) < 4.78 is 0. The molecule has 0 amide bonds. The van der Waals surface area contributed by atoms with Crippen LogP contribution in [0.15, 0.2) is 0 Å². The van der Waals surface area contributed by atoms with E-state index in [4.69, 9.17) is 5.84 Å². The number of hydrogen-bond acceptors (Lipinski definition) is 2. The summed E-state index contributed by atoms with van der Waals surface area (Å²) >= 11 is 0. The molecule has 0 radical (unpaired) electrons. The first-order valence-corrected chi connectivity index (χ1v) is 6.65. The van der Waals surface area contributed by atoms with Crippen molar-refractivity contribution >= 4 is 0 Å². The number of nitrogens with two attached hydrogens (primary N) is 1. The summed E-state index contributed by atoms with van der Waals surface area (Å²) in [4.78, 5) is 0. The third kappa shape index (κ3) is 6.16. The Morgan fingerprint density at radius 1 is 1.07 bits per heavy atom. The van der Waals surface area contributed by atoms with Gasteiger partial charge in [-0.15, -0.1) is 0 Å². The number of hydrazine groups is 1. The van der Waals surface area contributed by atoms with E-state index in [1.54, 1.807) is 0 Å².